The number of hydrogen-bond donors (Lipinski definition) is 2. The maximum atomic E-state index is 5.67. The number of nitrogens with two attached hydrogens (primary N) is 1. The molecule has 0 spiro atoms. The summed E-state index contributed by atoms with van der Waals surface area (Å²) in [6.07, 6.45) is 1.31. The first-order chi connectivity index (χ1) is 9.69. The standard InChI is InChI=1S/C14H28N4O2/c1-5-11-9-12(18(6-2)17-11)10-13(16-15)14(19-7-3)20-8-4/h9,13-14,16H,5-8,10,15H2,1-4H3. The fourth-order valence-electron chi connectivity index (χ4n) is 2.19. The van der Waals surface area contributed by atoms with Crippen LogP contribution in [-0.2, 0) is 28.9 Å². The molecule has 1 unspecified atom stereocenters. The largest absolute Gasteiger partial charge is 0.351 e. The molecule has 0 fully saturated rings. The van der Waals surface area contributed by atoms with E-state index >= 15 is 0 Å². The van der Waals surface area contributed by atoms with E-state index in [1.54, 1.807) is 0 Å². The molecule has 116 valence electrons. The summed E-state index contributed by atoms with van der Waals surface area (Å²) in [6, 6.07) is 2.03. The molecule has 0 amide bonds. The SMILES string of the molecule is CCOC(OCC)C(Cc1cc(CC)nn1CC)NN. The monoisotopic (exact) mass is 284 g/mol. The predicted octanol–water partition coefficient (Wildman–Crippen LogP) is 1.24. The van der Waals surface area contributed by atoms with Crippen LogP contribution >= 0.6 is 0 Å². The molecule has 0 aromatic carbocycles. The lowest BCUT2D eigenvalue weighted by molar-refractivity contribution is -0.154. The third-order valence-electron chi connectivity index (χ3n) is 3.21. The van der Waals surface area contributed by atoms with Crippen LogP contribution < -0.4 is 11.3 Å². The van der Waals surface area contributed by atoms with Crippen molar-refractivity contribution in [3.8, 4) is 0 Å². The van der Waals surface area contributed by atoms with Crippen molar-refractivity contribution in [3.05, 3.63) is 17.5 Å². The molecule has 0 aliphatic carbocycles. The molecule has 1 rings (SSSR count). The molecule has 0 saturated carbocycles. The van der Waals surface area contributed by atoms with Gasteiger partial charge in [0.25, 0.3) is 0 Å². The van der Waals surface area contributed by atoms with Crippen LogP contribution in [0, 0.1) is 0 Å². The number of aryl methyl sites for hydroxylation is 2. The van der Waals surface area contributed by atoms with Gasteiger partial charge in [-0.25, -0.2) is 0 Å². The fraction of sp³-hybridized carbons (Fsp3) is 0.786. The van der Waals surface area contributed by atoms with E-state index in [2.05, 4.69) is 30.4 Å². The molecule has 1 heterocycles. The van der Waals surface area contributed by atoms with Gasteiger partial charge in [-0.2, -0.15) is 5.10 Å². The number of nitrogens with one attached hydrogen (secondary N) is 1. The van der Waals surface area contributed by atoms with Crippen molar-refractivity contribution in [1.29, 1.82) is 0 Å². The minimum atomic E-state index is -0.347. The zero-order valence-electron chi connectivity index (χ0n) is 13.1. The Morgan fingerprint density at radius 1 is 1.25 bits per heavy atom. The zero-order chi connectivity index (χ0) is 15.0. The molecule has 3 N–H and O–H groups in total. The number of nitrogens with zero attached hydrogens (tertiary/aromatic N) is 2. The summed E-state index contributed by atoms with van der Waals surface area (Å²) < 4.78 is 13.3. The summed E-state index contributed by atoms with van der Waals surface area (Å²) in [4.78, 5) is 0. The van der Waals surface area contributed by atoms with Crippen molar-refractivity contribution in [2.75, 3.05) is 13.2 Å². The second-order valence-corrected chi connectivity index (χ2v) is 4.55. The number of hydrazine groups is 1. The van der Waals surface area contributed by atoms with Crippen molar-refractivity contribution in [3.63, 3.8) is 0 Å². The molecule has 20 heavy (non-hydrogen) atoms. The van der Waals surface area contributed by atoms with Gasteiger partial charge < -0.3 is 9.47 Å². The van der Waals surface area contributed by atoms with Crippen LogP contribution in [0.25, 0.3) is 0 Å². The van der Waals surface area contributed by atoms with E-state index in [-0.39, 0.29) is 12.3 Å². The van der Waals surface area contributed by atoms with Crippen LogP contribution in [0.15, 0.2) is 6.07 Å². The van der Waals surface area contributed by atoms with Crippen molar-refractivity contribution < 1.29 is 9.47 Å². The van der Waals surface area contributed by atoms with E-state index in [1.807, 2.05) is 18.5 Å². The number of ether oxygens (including phenoxy) is 2. The molecule has 0 bridgehead atoms. The second kappa shape index (κ2) is 9.07. The third-order valence-corrected chi connectivity index (χ3v) is 3.21. The summed E-state index contributed by atoms with van der Waals surface area (Å²) in [5.74, 6) is 5.67. The highest BCUT2D eigenvalue weighted by atomic mass is 16.7. The quantitative estimate of drug-likeness (QED) is 0.384. The maximum Gasteiger partial charge on any atom is 0.174 e. The molecule has 0 aliphatic heterocycles. The minimum absolute atomic E-state index is 0.0957. The first-order valence-corrected chi connectivity index (χ1v) is 7.44. The first kappa shape index (κ1) is 17.1. The van der Waals surface area contributed by atoms with Gasteiger partial charge >= 0.3 is 0 Å². The van der Waals surface area contributed by atoms with E-state index in [4.69, 9.17) is 15.3 Å². The molecule has 1 aromatic rings. The zero-order valence-corrected chi connectivity index (χ0v) is 13.1. The summed E-state index contributed by atoms with van der Waals surface area (Å²) in [5.41, 5.74) is 5.06. The van der Waals surface area contributed by atoms with Gasteiger partial charge in [0.2, 0.25) is 0 Å². The van der Waals surface area contributed by atoms with Crippen LogP contribution in [0.1, 0.15) is 39.1 Å². The smallest absolute Gasteiger partial charge is 0.174 e. The van der Waals surface area contributed by atoms with E-state index in [1.165, 1.54) is 0 Å². The predicted molar refractivity (Wildman–Crippen MR) is 79.1 cm³/mol. The third kappa shape index (κ3) is 4.56. The lowest BCUT2D eigenvalue weighted by Gasteiger charge is -2.26. The lowest BCUT2D eigenvalue weighted by atomic mass is 10.1. The Balaban J connectivity index is 2.82. The Labute approximate surface area is 121 Å². The van der Waals surface area contributed by atoms with E-state index < -0.39 is 0 Å². The van der Waals surface area contributed by atoms with E-state index in [0.717, 1.165) is 30.8 Å². The van der Waals surface area contributed by atoms with Gasteiger partial charge in [-0.3, -0.25) is 16.0 Å². The molecular formula is C14H28N4O2. The highest BCUT2D eigenvalue weighted by molar-refractivity contribution is 5.12. The van der Waals surface area contributed by atoms with Crippen molar-refractivity contribution in [2.45, 2.75) is 59.4 Å². The number of aromatic nitrogens is 2. The molecule has 6 heteroatoms. The number of rotatable bonds is 10. The molecule has 6 nitrogen and oxygen atoms in total. The Morgan fingerprint density at radius 2 is 1.90 bits per heavy atom. The van der Waals surface area contributed by atoms with Gasteiger partial charge in [-0.05, 0) is 33.3 Å². The van der Waals surface area contributed by atoms with Crippen LogP contribution in [0.3, 0.4) is 0 Å². The normalized spacial score (nSPS) is 13.1. The van der Waals surface area contributed by atoms with Gasteiger partial charge in [-0.15, -0.1) is 0 Å². The van der Waals surface area contributed by atoms with E-state index in [9.17, 15) is 0 Å². The van der Waals surface area contributed by atoms with Crippen LogP contribution in [0.2, 0.25) is 0 Å². The van der Waals surface area contributed by atoms with Gasteiger partial charge in [0, 0.05) is 31.9 Å². The average Bonchev–Trinajstić information content (AvgIpc) is 2.86. The van der Waals surface area contributed by atoms with Crippen LogP contribution in [-0.4, -0.2) is 35.3 Å². The van der Waals surface area contributed by atoms with Crippen LogP contribution in [0.5, 0.6) is 0 Å². The highest BCUT2D eigenvalue weighted by Gasteiger charge is 2.23. The average molecular weight is 284 g/mol. The van der Waals surface area contributed by atoms with Gasteiger partial charge in [-0.1, -0.05) is 6.92 Å². The topological polar surface area (TPSA) is 74.3 Å². The Morgan fingerprint density at radius 3 is 2.35 bits per heavy atom. The van der Waals surface area contributed by atoms with Gasteiger partial charge in [0.1, 0.15) is 0 Å². The van der Waals surface area contributed by atoms with Gasteiger partial charge in [0.05, 0.1) is 11.7 Å². The summed E-state index contributed by atoms with van der Waals surface area (Å²) >= 11 is 0. The Kier molecular flexibility index (Phi) is 7.76. The molecule has 0 saturated heterocycles. The Hall–Kier alpha value is -0.950. The van der Waals surface area contributed by atoms with Crippen LogP contribution in [0.4, 0.5) is 0 Å². The molecule has 0 aliphatic rings. The Bertz CT molecular complexity index is 375. The second-order valence-electron chi connectivity index (χ2n) is 4.55. The summed E-state index contributed by atoms with van der Waals surface area (Å²) in [7, 11) is 0. The number of hydrogen-bond acceptors (Lipinski definition) is 5. The molecule has 1 aromatic heterocycles. The van der Waals surface area contributed by atoms with Crippen molar-refractivity contribution in [2.24, 2.45) is 5.84 Å². The maximum absolute atomic E-state index is 5.67. The molecule has 1 atom stereocenters. The summed E-state index contributed by atoms with van der Waals surface area (Å²) in [6.45, 7) is 10.1. The van der Waals surface area contributed by atoms with E-state index in [0.29, 0.717) is 13.2 Å². The molecule has 0 radical (unpaired) electrons. The lowest BCUT2D eigenvalue weighted by Crippen LogP contribution is -2.48. The van der Waals surface area contributed by atoms with Crippen molar-refractivity contribution in [1.82, 2.24) is 15.2 Å². The minimum Gasteiger partial charge on any atom is -0.351 e. The van der Waals surface area contributed by atoms with Gasteiger partial charge in [0.15, 0.2) is 6.29 Å². The molecular weight excluding hydrogens is 256 g/mol. The fourth-order valence-corrected chi connectivity index (χ4v) is 2.19. The van der Waals surface area contributed by atoms with Crippen molar-refractivity contribution >= 4 is 0 Å². The highest BCUT2D eigenvalue weighted by Crippen LogP contribution is 2.12. The first-order valence-electron chi connectivity index (χ1n) is 7.44. The summed E-state index contributed by atoms with van der Waals surface area (Å²) in [5, 5.41) is 4.55.